The van der Waals surface area contributed by atoms with Gasteiger partial charge in [0.05, 0.1) is 6.10 Å². The first-order valence-corrected chi connectivity index (χ1v) is 5.77. The summed E-state index contributed by atoms with van der Waals surface area (Å²) in [7, 11) is 0. The average molecular weight is 248 g/mol. The normalized spacial score (nSPS) is 12.4. The summed E-state index contributed by atoms with van der Waals surface area (Å²) in [6, 6.07) is 5.67. The summed E-state index contributed by atoms with van der Waals surface area (Å²) in [5.74, 6) is 1.64. The van der Waals surface area contributed by atoms with E-state index in [2.05, 4.69) is 10.1 Å². The van der Waals surface area contributed by atoms with E-state index in [1.807, 2.05) is 25.1 Å². The molecule has 5 heteroatoms. The van der Waals surface area contributed by atoms with Gasteiger partial charge in [-0.2, -0.15) is 4.98 Å². The third-order valence-electron chi connectivity index (χ3n) is 2.54. The number of aryl methyl sites for hydroxylation is 2. The Hall–Kier alpha value is -1.88. The number of benzene rings is 1. The molecule has 0 saturated heterocycles. The number of hydrogen-bond acceptors (Lipinski definition) is 5. The maximum Gasteiger partial charge on any atom is 0.264 e. The molecule has 0 aliphatic heterocycles. The molecule has 2 rings (SSSR count). The Morgan fingerprint density at radius 2 is 2.17 bits per heavy atom. The SMILES string of the molecule is Cc1ccc(C(C)O)c(OCc2nc(C)no2)c1. The van der Waals surface area contributed by atoms with Gasteiger partial charge >= 0.3 is 0 Å². The van der Waals surface area contributed by atoms with Crippen LogP contribution in [0.4, 0.5) is 0 Å². The smallest absolute Gasteiger partial charge is 0.264 e. The lowest BCUT2D eigenvalue weighted by molar-refractivity contribution is 0.185. The van der Waals surface area contributed by atoms with E-state index in [1.54, 1.807) is 13.8 Å². The molecule has 2 aromatic rings. The molecule has 0 aliphatic carbocycles. The molecule has 0 bridgehead atoms. The molecule has 0 spiro atoms. The highest BCUT2D eigenvalue weighted by molar-refractivity contribution is 5.38. The van der Waals surface area contributed by atoms with Gasteiger partial charge in [0.25, 0.3) is 5.89 Å². The van der Waals surface area contributed by atoms with E-state index >= 15 is 0 Å². The van der Waals surface area contributed by atoms with E-state index in [0.717, 1.165) is 11.1 Å². The minimum atomic E-state index is -0.579. The lowest BCUT2D eigenvalue weighted by Crippen LogP contribution is -2.01. The van der Waals surface area contributed by atoms with Crippen LogP contribution in [-0.4, -0.2) is 15.2 Å². The number of aliphatic hydroxyl groups excluding tert-OH is 1. The predicted molar refractivity (Wildman–Crippen MR) is 65.2 cm³/mol. The highest BCUT2D eigenvalue weighted by Gasteiger charge is 2.11. The van der Waals surface area contributed by atoms with Gasteiger partial charge in [-0.1, -0.05) is 17.3 Å². The van der Waals surface area contributed by atoms with Crippen molar-refractivity contribution in [1.82, 2.24) is 10.1 Å². The molecular formula is C13H16N2O3. The molecule has 0 aliphatic rings. The van der Waals surface area contributed by atoms with Crippen LogP contribution in [0.25, 0.3) is 0 Å². The first-order chi connectivity index (χ1) is 8.56. The Balaban J connectivity index is 2.15. The second-order valence-corrected chi connectivity index (χ2v) is 4.24. The monoisotopic (exact) mass is 248 g/mol. The van der Waals surface area contributed by atoms with Gasteiger partial charge < -0.3 is 14.4 Å². The summed E-state index contributed by atoms with van der Waals surface area (Å²) in [5.41, 5.74) is 1.81. The van der Waals surface area contributed by atoms with Crippen molar-refractivity contribution in [2.45, 2.75) is 33.5 Å². The molecule has 0 amide bonds. The van der Waals surface area contributed by atoms with Crippen molar-refractivity contribution in [3.8, 4) is 5.75 Å². The zero-order valence-electron chi connectivity index (χ0n) is 10.7. The third kappa shape index (κ3) is 2.87. The first kappa shape index (κ1) is 12.6. The van der Waals surface area contributed by atoms with Crippen LogP contribution in [0.15, 0.2) is 22.7 Å². The van der Waals surface area contributed by atoms with Gasteiger partial charge in [0, 0.05) is 5.56 Å². The summed E-state index contributed by atoms with van der Waals surface area (Å²) in [6.45, 7) is 5.62. The van der Waals surface area contributed by atoms with Gasteiger partial charge in [-0.25, -0.2) is 0 Å². The summed E-state index contributed by atoms with van der Waals surface area (Å²) < 4.78 is 10.6. The summed E-state index contributed by atoms with van der Waals surface area (Å²) in [6.07, 6.45) is -0.579. The topological polar surface area (TPSA) is 68.4 Å². The molecule has 5 nitrogen and oxygen atoms in total. The summed E-state index contributed by atoms with van der Waals surface area (Å²) in [4.78, 5) is 4.06. The highest BCUT2D eigenvalue weighted by Crippen LogP contribution is 2.26. The summed E-state index contributed by atoms with van der Waals surface area (Å²) >= 11 is 0. The van der Waals surface area contributed by atoms with E-state index < -0.39 is 6.10 Å². The molecule has 0 fully saturated rings. The third-order valence-corrected chi connectivity index (χ3v) is 2.54. The molecule has 0 saturated carbocycles. The second kappa shape index (κ2) is 5.18. The van der Waals surface area contributed by atoms with Gasteiger partial charge in [-0.05, 0) is 32.4 Å². The van der Waals surface area contributed by atoms with Crippen molar-refractivity contribution >= 4 is 0 Å². The van der Waals surface area contributed by atoms with E-state index in [4.69, 9.17) is 9.26 Å². The Labute approximate surface area is 105 Å². The Morgan fingerprint density at radius 3 is 2.78 bits per heavy atom. The van der Waals surface area contributed by atoms with Crippen LogP contribution in [0.1, 0.15) is 35.9 Å². The van der Waals surface area contributed by atoms with Crippen molar-refractivity contribution in [3.63, 3.8) is 0 Å². The van der Waals surface area contributed by atoms with E-state index in [-0.39, 0.29) is 6.61 Å². The lowest BCUT2D eigenvalue weighted by atomic mass is 10.1. The van der Waals surface area contributed by atoms with Gasteiger partial charge in [0.15, 0.2) is 12.4 Å². The molecular weight excluding hydrogens is 232 g/mol. The molecule has 1 aromatic heterocycles. The van der Waals surface area contributed by atoms with Crippen molar-refractivity contribution in [3.05, 3.63) is 41.0 Å². The number of rotatable bonds is 4. The fourth-order valence-electron chi connectivity index (χ4n) is 1.65. The Morgan fingerprint density at radius 1 is 1.39 bits per heavy atom. The molecule has 1 N–H and O–H groups in total. The van der Waals surface area contributed by atoms with E-state index in [9.17, 15) is 5.11 Å². The largest absolute Gasteiger partial charge is 0.483 e. The number of aliphatic hydroxyl groups is 1. The highest BCUT2D eigenvalue weighted by atomic mass is 16.5. The first-order valence-electron chi connectivity index (χ1n) is 5.77. The summed E-state index contributed by atoms with van der Waals surface area (Å²) in [5, 5.41) is 13.4. The quantitative estimate of drug-likeness (QED) is 0.899. The van der Waals surface area contributed by atoms with Crippen molar-refractivity contribution in [1.29, 1.82) is 0 Å². The number of aromatic nitrogens is 2. The van der Waals surface area contributed by atoms with Crippen LogP contribution in [0.3, 0.4) is 0 Å². The van der Waals surface area contributed by atoms with Crippen molar-refractivity contribution in [2.75, 3.05) is 0 Å². The Bertz CT molecular complexity index is 535. The predicted octanol–water partition coefficient (Wildman–Crippen LogP) is 2.32. The minimum absolute atomic E-state index is 0.198. The van der Waals surface area contributed by atoms with Gasteiger partial charge in [-0.15, -0.1) is 0 Å². The maximum atomic E-state index is 9.67. The molecule has 0 radical (unpaired) electrons. The average Bonchev–Trinajstić information content (AvgIpc) is 2.72. The van der Waals surface area contributed by atoms with Crippen LogP contribution in [0, 0.1) is 13.8 Å². The number of nitrogens with zero attached hydrogens (tertiary/aromatic N) is 2. The number of hydrogen-bond donors (Lipinski definition) is 1. The van der Waals surface area contributed by atoms with Crippen LogP contribution >= 0.6 is 0 Å². The fourth-order valence-corrected chi connectivity index (χ4v) is 1.65. The van der Waals surface area contributed by atoms with Crippen molar-refractivity contribution in [2.24, 2.45) is 0 Å². The zero-order chi connectivity index (χ0) is 13.1. The molecule has 1 aromatic carbocycles. The minimum Gasteiger partial charge on any atom is -0.483 e. The van der Waals surface area contributed by atoms with Crippen LogP contribution < -0.4 is 4.74 Å². The van der Waals surface area contributed by atoms with Gasteiger partial charge in [-0.3, -0.25) is 0 Å². The second-order valence-electron chi connectivity index (χ2n) is 4.24. The van der Waals surface area contributed by atoms with Crippen LogP contribution in [0.5, 0.6) is 5.75 Å². The van der Waals surface area contributed by atoms with Crippen molar-refractivity contribution < 1.29 is 14.4 Å². The standard InChI is InChI=1S/C13H16N2O3/c1-8-4-5-11(9(2)16)12(6-8)17-7-13-14-10(3)15-18-13/h4-6,9,16H,7H2,1-3H3. The molecule has 1 unspecified atom stereocenters. The molecule has 1 heterocycles. The zero-order valence-corrected chi connectivity index (χ0v) is 10.7. The van der Waals surface area contributed by atoms with Crippen LogP contribution in [-0.2, 0) is 6.61 Å². The van der Waals surface area contributed by atoms with Crippen LogP contribution in [0.2, 0.25) is 0 Å². The molecule has 1 atom stereocenters. The Kier molecular flexibility index (Phi) is 3.62. The fraction of sp³-hybridized carbons (Fsp3) is 0.385. The van der Waals surface area contributed by atoms with E-state index in [0.29, 0.717) is 17.5 Å². The maximum absolute atomic E-state index is 9.67. The van der Waals surface area contributed by atoms with E-state index in [1.165, 1.54) is 0 Å². The lowest BCUT2D eigenvalue weighted by Gasteiger charge is -2.13. The van der Waals surface area contributed by atoms with Gasteiger partial charge in [0.1, 0.15) is 5.75 Å². The number of ether oxygens (including phenoxy) is 1. The molecule has 18 heavy (non-hydrogen) atoms. The van der Waals surface area contributed by atoms with Gasteiger partial charge in [0.2, 0.25) is 0 Å². The molecule has 96 valence electrons.